The molecular formula is C12H18ClNOS. The normalized spacial score (nSPS) is 12.5. The summed E-state index contributed by atoms with van der Waals surface area (Å²) < 4.78 is 5.58. The highest BCUT2D eigenvalue weighted by Gasteiger charge is 2.05. The van der Waals surface area contributed by atoms with Crippen LogP contribution in [0.15, 0.2) is 18.2 Å². The van der Waals surface area contributed by atoms with Crippen molar-refractivity contribution in [2.45, 2.75) is 19.9 Å². The van der Waals surface area contributed by atoms with Gasteiger partial charge in [-0.3, -0.25) is 0 Å². The zero-order valence-electron chi connectivity index (χ0n) is 9.70. The van der Waals surface area contributed by atoms with Gasteiger partial charge < -0.3 is 10.5 Å². The van der Waals surface area contributed by atoms with Gasteiger partial charge in [-0.1, -0.05) is 24.6 Å². The van der Waals surface area contributed by atoms with E-state index < -0.39 is 0 Å². The van der Waals surface area contributed by atoms with E-state index in [-0.39, 0.29) is 6.04 Å². The lowest BCUT2D eigenvalue weighted by Crippen LogP contribution is -2.05. The van der Waals surface area contributed by atoms with Crippen molar-refractivity contribution in [1.29, 1.82) is 0 Å². The van der Waals surface area contributed by atoms with Crippen LogP contribution in [0.3, 0.4) is 0 Å². The van der Waals surface area contributed by atoms with Crippen LogP contribution >= 0.6 is 23.4 Å². The van der Waals surface area contributed by atoms with E-state index in [0.29, 0.717) is 11.6 Å². The zero-order chi connectivity index (χ0) is 12.0. The molecule has 0 aliphatic heterocycles. The molecule has 2 nitrogen and oxygen atoms in total. The van der Waals surface area contributed by atoms with Crippen LogP contribution in [0.25, 0.3) is 0 Å². The summed E-state index contributed by atoms with van der Waals surface area (Å²) in [5, 5.41) is 0.635. The predicted molar refractivity (Wildman–Crippen MR) is 72.5 cm³/mol. The highest BCUT2D eigenvalue weighted by Crippen LogP contribution is 2.27. The van der Waals surface area contributed by atoms with Gasteiger partial charge in [-0.25, -0.2) is 0 Å². The lowest BCUT2D eigenvalue weighted by molar-refractivity contribution is 0.344. The Kier molecular flexibility index (Phi) is 6.03. The van der Waals surface area contributed by atoms with Crippen LogP contribution in [0.4, 0.5) is 0 Å². The summed E-state index contributed by atoms with van der Waals surface area (Å²) >= 11 is 7.95. The number of rotatable bonds is 6. The van der Waals surface area contributed by atoms with Crippen LogP contribution in [0, 0.1) is 0 Å². The smallest absolute Gasteiger partial charge is 0.137 e. The van der Waals surface area contributed by atoms with Gasteiger partial charge in [0, 0.05) is 11.8 Å². The minimum Gasteiger partial charge on any atom is -0.491 e. The first-order chi connectivity index (χ1) is 7.65. The first-order valence-corrected chi connectivity index (χ1v) is 6.94. The zero-order valence-corrected chi connectivity index (χ0v) is 11.3. The van der Waals surface area contributed by atoms with Crippen LogP contribution < -0.4 is 10.5 Å². The molecule has 2 N–H and O–H groups in total. The summed E-state index contributed by atoms with van der Waals surface area (Å²) in [7, 11) is 0. The second-order valence-electron chi connectivity index (χ2n) is 3.52. The molecule has 1 rings (SSSR count). The Morgan fingerprint density at radius 3 is 2.81 bits per heavy atom. The minimum atomic E-state index is 0.00203. The molecule has 4 heteroatoms. The molecule has 0 saturated carbocycles. The molecule has 0 saturated heterocycles. The topological polar surface area (TPSA) is 35.2 Å². The van der Waals surface area contributed by atoms with Gasteiger partial charge in [-0.15, -0.1) is 0 Å². The van der Waals surface area contributed by atoms with Gasteiger partial charge in [0.15, 0.2) is 0 Å². The van der Waals surface area contributed by atoms with E-state index in [1.165, 1.54) is 0 Å². The number of hydrogen-bond acceptors (Lipinski definition) is 3. The maximum absolute atomic E-state index is 6.10. The Labute approximate surface area is 107 Å². The molecule has 0 fully saturated rings. The molecule has 0 amide bonds. The van der Waals surface area contributed by atoms with Gasteiger partial charge in [0.25, 0.3) is 0 Å². The molecule has 0 heterocycles. The highest BCUT2D eigenvalue weighted by molar-refractivity contribution is 7.99. The summed E-state index contributed by atoms with van der Waals surface area (Å²) in [4.78, 5) is 0. The molecule has 0 aliphatic rings. The third-order valence-electron chi connectivity index (χ3n) is 2.17. The molecule has 90 valence electrons. The quantitative estimate of drug-likeness (QED) is 0.795. The van der Waals surface area contributed by atoms with E-state index in [9.17, 15) is 0 Å². The van der Waals surface area contributed by atoms with Gasteiger partial charge in [-0.2, -0.15) is 11.8 Å². The average molecular weight is 260 g/mol. The van der Waals surface area contributed by atoms with Crippen molar-refractivity contribution in [3.05, 3.63) is 28.8 Å². The van der Waals surface area contributed by atoms with Gasteiger partial charge in [0.05, 0.1) is 11.6 Å². The monoisotopic (exact) mass is 259 g/mol. The molecule has 0 aliphatic carbocycles. The highest BCUT2D eigenvalue weighted by atomic mass is 35.5. The molecule has 1 atom stereocenters. The maximum Gasteiger partial charge on any atom is 0.137 e. The SMILES string of the molecule is CCSCCOc1ccc(C(C)N)cc1Cl. The molecule has 0 spiro atoms. The molecule has 1 aromatic rings. The number of nitrogens with two attached hydrogens (primary N) is 1. The molecule has 0 bridgehead atoms. The Balaban J connectivity index is 2.54. The molecule has 16 heavy (non-hydrogen) atoms. The van der Waals surface area contributed by atoms with E-state index in [2.05, 4.69) is 6.92 Å². The van der Waals surface area contributed by atoms with E-state index in [1.807, 2.05) is 36.9 Å². The van der Waals surface area contributed by atoms with E-state index in [1.54, 1.807) is 0 Å². The van der Waals surface area contributed by atoms with Crippen LogP contribution in [-0.4, -0.2) is 18.1 Å². The van der Waals surface area contributed by atoms with Gasteiger partial charge in [0.2, 0.25) is 0 Å². The number of halogens is 1. The summed E-state index contributed by atoms with van der Waals surface area (Å²) in [6.45, 7) is 4.76. The van der Waals surface area contributed by atoms with Crippen molar-refractivity contribution in [2.24, 2.45) is 5.73 Å². The second-order valence-corrected chi connectivity index (χ2v) is 5.32. The number of ether oxygens (including phenoxy) is 1. The van der Waals surface area contributed by atoms with E-state index in [4.69, 9.17) is 22.1 Å². The number of benzene rings is 1. The fraction of sp³-hybridized carbons (Fsp3) is 0.500. The Morgan fingerprint density at radius 1 is 1.50 bits per heavy atom. The first-order valence-electron chi connectivity index (χ1n) is 5.40. The maximum atomic E-state index is 6.10. The lowest BCUT2D eigenvalue weighted by atomic mass is 10.1. The van der Waals surface area contributed by atoms with Crippen molar-refractivity contribution in [3.63, 3.8) is 0 Å². The van der Waals surface area contributed by atoms with Crippen molar-refractivity contribution in [3.8, 4) is 5.75 Å². The predicted octanol–water partition coefficient (Wildman–Crippen LogP) is 3.49. The van der Waals surface area contributed by atoms with E-state index in [0.717, 1.165) is 22.8 Å². The number of hydrogen-bond donors (Lipinski definition) is 1. The van der Waals surface area contributed by atoms with Gasteiger partial charge in [0.1, 0.15) is 5.75 Å². The summed E-state index contributed by atoms with van der Waals surface area (Å²) in [6.07, 6.45) is 0. The van der Waals surface area contributed by atoms with Crippen LogP contribution in [-0.2, 0) is 0 Å². The van der Waals surface area contributed by atoms with E-state index >= 15 is 0 Å². The lowest BCUT2D eigenvalue weighted by Gasteiger charge is -2.10. The first kappa shape index (κ1) is 13.7. The van der Waals surface area contributed by atoms with Gasteiger partial charge in [-0.05, 0) is 30.4 Å². The minimum absolute atomic E-state index is 0.00203. The van der Waals surface area contributed by atoms with Crippen LogP contribution in [0.5, 0.6) is 5.75 Å². The Morgan fingerprint density at radius 2 is 2.25 bits per heavy atom. The molecule has 1 unspecified atom stereocenters. The third-order valence-corrected chi connectivity index (χ3v) is 3.33. The largest absolute Gasteiger partial charge is 0.491 e. The molecular weight excluding hydrogens is 242 g/mol. The van der Waals surface area contributed by atoms with Crippen molar-refractivity contribution in [1.82, 2.24) is 0 Å². The van der Waals surface area contributed by atoms with Crippen molar-refractivity contribution >= 4 is 23.4 Å². The average Bonchev–Trinajstić information content (AvgIpc) is 2.26. The van der Waals surface area contributed by atoms with Gasteiger partial charge >= 0.3 is 0 Å². The number of thioether (sulfide) groups is 1. The standard InChI is InChI=1S/C12H18ClNOS/c1-3-16-7-6-15-12-5-4-10(9(2)14)8-11(12)13/h4-5,8-9H,3,6-7,14H2,1-2H3. The Bertz CT molecular complexity index is 331. The molecule has 0 radical (unpaired) electrons. The fourth-order valence-corrected chi connectivity index (χ4v) is 2.01. The summed E-state index contributed by atoms with van der Waals surface area (Å²) in [5.41, 5.74) is 6.80. The summed E-state index contributed by atoms with van der Waals surface area (Å²) in [6, 6.07) is 5.72. The van der Waals surface area contributed by atoms with Crippen LogP contribution in [0.2, 0.25) is 5.02 Å². The fourth-order valence-electron chi connectivity index (χ4n) is 1.27. The second kappa shape index (κ2) is 7.05. The molecule has 1 aromatic carbocycles. The third kappa shape index (κ3) is 4.24. The van der Waals surface area contributed by atoms with Crippen molar-refractivity contribution < 1.29 is 4.74 Å². The Hall–Kier alpha value is -0.380. The summed E-state index contributed by atoms with van der Waals surface area (Å²) in [5.74, 6) is 2.84. The van der Waals surface area contributed by atoms with Crippen molar-refractivity contribution in [2.75, 3.05) is 18.1 Å². The van der Waals surface area contributed by atoms with Crippen LogP contribution in [0.1, 0.15) is 25.5 Å². The molecule has 0 aromatic heterocycles.